The SMILES string of the molecule is CCc1ccc(NC(=O)/C=C(\C)c2cc3c(-c4ccc(Cl)cc4)coc3cc2OC)cc1. The normalized spacial score (nSPS) is 11.6. The third-order valence-corrected chi connectivity index (χ3v) is 5.70. The summed E-state index contributed by atoms with van der Waals surface area (Å²) < 4.78 is 11.4. The molecule has 5 heteroatoms. The molecular weight excluding hydrogens is 422 g/mol. The first-order chi connectivity index (χ1) is 15.5. The van der Waals surface area contributed by atoms with Crippen molar-refractivity contribution in [3.8, 4) is 16.9 Å². The van der Waals surface area contributed by atoms with E-state index in [1.165, 1.54) is 5.56 Å². The van der Waals surface area contributed by atoms with Crippen LogP contribution in [0.5, 0.6) is 5.75 Å². The van der Waals surface area contributed by atoms with Crippen molar-refractivity contribution in [2.45, 2.75) is 20.3 Å². The number of carbonyl (C=O) groups is 1. The highest BCUT2D eigenvalue weighted by Crippen LogP contribution is 2.37. The van der Waals surface area contributed by atoms with Gasteiger partial charge in [0.05, 0.1) is 13.4 Å². The molecular formula is C27H24ClNO3. The van der Waals surface area contributed by atoms with Crippen molar-refractivity contribution in [3.05, 3.63) is 89.2 Å². The van der Waals surface area contributed by atoms with E-state index < -0.39 is 0 Å². The number of benzene rings is 3. The lowest BCUT2D eigenvalue weighted by Gasteiger charge is -2.10. The molecule has 0 unspecified atom stereocenters. The molecule has 162 valence electrons. The van der Waals surface area contributed by atoms with E-state index in [4.69, 9.17) is 20.8 Å². The van der Waals surface area contributed by atoms with Gasteiger partial charge in [0.15, 0.2) is 0 Å². The van der Waals surface area contributed by atoms with Gasteiger partial charge in [-0.25, -0.2) is 0 Å². The molecule has 32 heavy (non-hydrogen) atoms. The fraction of sp³-hybridized carbons (Fsp3) is 0.148. The van der Waals surface area contributed by atoms with Crippen LogP contribution in [-0.2, 0) is 11.2 Å². The predicted molar refractivity (Wildman–Crippen MR) is 131 cm³/mol. The second-order valence-electron chi connectivity index (χ2n) is 7.57. The van der Waals surface area contributed by atoms with E-state index in [1.807, 2.05) is 67.6 Å². The lowest BCUT2D eigenvalue weighted by atomic mass is 9.99. The molecule has 0 bridgehead atoms. The molecule has 4 aromatic rings. The standard InChI is InChI=1S/C27H24ClNO3/c1-4-18-5-11-21(12-6-18)29-27(30)13-17(2)22-14-23-24(19-7-9-20(28)10-8-19)16-32-26(23)15-25(22)31-3/h5-16H,4H2,1-3H3,(H,29,30)/b17-13+. The van der Waals surface area contributed by atoms with Crippen LogP contribution < -0.4 is 10.1 Å². The molecule has 4 nitrogen and oxygen atoms in total. The fourth-order valence-electron chi connectivity index (χ4n) is 3.66. The van der Waals surface area contributed by atoms with Gasteiger partial charge in [-0.1, -0.05) is 42.8 Å². The topological polar surface area (TPSA) is 51.5 Å². The van der Waals surface area contributed by atoms with E-state index >= 15 is 0 Å². The van der Waals surface area contributed by atoms with Crippen LogP contribution in [0, 0.1) is 0 Å². The Labute approximate surface area is 192 Å². The van der Waals surface area contributed by atoms with Crippen LogP contribution in [0.4, 0.5) is 5.69 Å². The molecule has 0 aliphatic heterocycles. The van der Waals surface area contributed by atoms with Crippen molar-refractivity contribution in [2.75, 3.05) is 12.4 Å². The van der Waals surface area contributed by atoms with Crippen molar-refractivity contribution < 1.29 is 13.9 Å². The highest BCUT2D eigenvalue weighted by molar-refractivity contribution is 6.30. The first-order valence-electron chi connectivity index (χ1n) is 10.4. The number of nitrogens with one attached hydrogen (secondary N) is 1. The van der Waals surface area contributed by atoms with E-state index in [9.17, 15) is 4.79 Å². The second kappa shape index (κ2) is 9.33. The number of amides is 1. The van der Waals surface area contributed by atoms with Gasteiger partial charge in [-0.3, -0.25) is 4.79 Å². The number of carbonyl (C=O) groups excluding carboxylic acids is 1. The summed E-state index contributed by atoms with van der Waals surface area (Å²) in [4.78, 5) is 12.6. The third kappa shape index (κ3) is 4.56. The van der Waals surface area contributed by atoms with Crippen LogP contribution in [0.2, 0.25) is 5.02 Å². The first kappa shape index (κ1) is 21.7. The zero-order valence-corrected chi connectivity index (χ0v) is 19.0. The summed E-state index contributed by atoms with van der Waals surface area (Å²) in [5, 5.41) is 4.53. The Morgan fingerprint density at radius 3 is 2.47 bits per heavy atom. The monoisotopic (exact) mass is 445 g/mol. The van der Waals surface area contributed by atoms with E-state index in [0.717, 1.165) is 39.8 Å². The molecule has 1 N–H and O–H groups in total. The summed E-state index contributed by atoms with van der Waals surface area (Å²) >= 11 is 6.03. The Balaban J connectivity index is 1.67. The Morgan fingerprint density at radius 2 is 1.81 bits per heavy atom. The van der Waals surface area contributed by atoms with Crippen LogP contribution in [0.15, 0.2) is 77.4 Å². The summed E-state index contributed by atoms with van der Waals surface area (Å²) in [5.41, 5.74) is 6.27. The molecule has 0 saturated carbocycles. The highest BCUT2D eigenvalue weighted by atomic mass is 35.5. The Morgan fingerprint density at radius 1 is 1.09 bits per heavy atom. The van der Waals surface area contributed by atoms with Crippen LogP contribution in [0.1, 0.15) is 25.0 Å². The summed E-state index contributed by atoms with van der Waals surface area (Å²) in [5.74, 6) is 0.447. The minimum Gasteiger partial charge on any atom is -0.496 e. The van der Waals surface area contributed by atoms with Crippen molar-refractivity contribution >= 4 is 39.7 Å². The average Bonchev–Trinajstić information content (AvgIpc) is 3.22. The molecule has 1 heterocycles. The number of fused-ring (bicyclic) bond motifs is 1. The largest absolute Gasteiger partial charge is 0.496 e. The summed E-state index contributed by atoms with van der Waals surface area (Å²) in [6.07, 6.45) is 4.27. The van der Waals surface area contributed by atoms with Gasteiger partial charge in [0.2, 0.25) is 5.91 Å². The molecule has 0 aliphatic rings. The van der Waals surface area contributed by atoms with Crippen molar-refractivity contribution in [1.29, 1.82) is 0 Å². The Kier molecular flexibility index (Phi) is 6.33. The number of hydrogen-bond donors (Lipinski definition) is 1. The number of furan rings is 1. The lowest BCUT2D eigenvalue weighted by molar-refractivity contribution is -0.111. The third-order valence-electron chi connectivity index (χ3n) is 5.45. The maximum Gasteiger partial charge on any atom is 0.248 e. The quantitative estimate of drug-likeness (QED) is 0.315. The molecule has 3 aromatic carbocycles. The predicted octanol–water partition coefficient (Wildman–Crippen LogP) is 7.37. The summed E-state index contributed by atoms with van der Waals surface area (Å²) in [7, 11) is 1.61. The Hall–Kier alpha value is -3.50. The van der Waals surface area contributed by atoms with Crippen LogP contribution >= 0.6 is 11.6 Å². The highest BCUT2D eigenvalue weighted by Gasteiger charge is 2.15. The van der Waals surface area contributed by atoms with Crippen LogP contribution in [-0.4, -0.2) is 13.0 Å². The molecule has 0 fully saturated rings. The molecule has 4 rings (SSSR count). The number of halogens is 1. The van der Waals surface area contributed by atoms with Crippen molar-refractivity contribution in [3.63, 3.8) is 0 Å². The fourth-order valence-corrected chi connectivity index (χ4v) is 3.79. The number of hydrogen-bond acceptors (Lipinski definition) is 3. The molecule has 0 aliphatic carbocycles. The van der Waals surface area contributed by atoms with E-state index in [2.05, 4.69) is 12.2 Å². The smallest absolute Gasteiger partial charge is 0.248 e. The number of allylic oxidation sites excluding steroid dienone is 1. The Bertz CT molecular complexity index is 1290. The number of rotatable bonds is 6. The molecule has 0 radical (unpaired) electrons. The molecule has 1 amide bonds. The van der Waals surface area contributed by atoms with Gasteiger partial charge in [0.25, 0.3) is 0 Å². The zero-order valence-electron chi connectivity index (χ0n) is 18.2. The molecule has 0 saturated heterocycles. The van der Waals surface area contributed by atoms with Gasteiger partial charge in [0.1, 0.15) is 11.3 Å². The van der Waals surface area contributed by atoms with Crippen molar-refractivity contribution in [1.82, 2.24) is 0 Å². The molecule has 0 spiro atoms. The minimum atomic E-state index is -0.195. The number of aryl methyl sites for hydroxylation is 1. The van der Waals surface area contributed by atoms with Crippen LogP contribution in [0.3, 0.4) is 0 Å². The minimum absolute atomic E-state index is 0.195. The van der Waals surface area contributed by atoms with Gasteiger partial charge < -0.3 is 14.5 Å². The van der Waals surface area contributed by atoms with Gasteiger partial charge in [-0.2, -0.15) is 0 Å². The average molecular weight is 446 g/mol. The maximum absolute atomic E-state index is 12.6. The summed E-state index contributed by atoms with van der Waals surface area (Å²) in [6, 6.07) is 19.3. The number of methoxy groups -OCH3 is 1. The first-order valence-corrected chi connectivity index (χ1v) is 10.8. The van der Waals surface area contributed by atoms with Crippen LogP contribution in [0.25, 0.3) is 27.7 Å². The molecule has 1 aromatic heterocycles. The molecule has 0 atom stereocenters. The van der Waals surface area contributed by atoms with Gasteiger partial charge in [-0.15, -0.1) is 0 Å². The summed E-state index contributed by atoms with van der Waals surface area (Å²) in [6.45, 7) is 3.99. The number of ether oxygens (including phenoxy) is 1. The van der Waals surface area contributed by atoms with Crippen molar-refractivity contribution in [2.24, 2.45) is 0 Å². The van der Waals surface area contributed by atoms with Gasteiger partial charge >= 0.3 is 0 Å². The number of anilines is 1. The van der Waals surface area contributed by atoms with E-state index in [0.29, 0.717) is 16.4 Å². The van der Waals surface area contributed by atoms with Gasteiger partial charge in [0, 0.05) is 39.4 Å². The zero-order chi connectivity index (χ0) is 22.7. The van der Waals surface area contributed by atoms with Gasteiger partial charge in [-0.05, 0) is 60.4 Å². The van der Waals surface area contributed by atoms with E-state index in [1.54, 1.807) is 19.4 Å². The van der Waals surface area contributed by atoms with E-state index in [-0.39, 0.29) is 5.91 Å². The second-order valence-corrected chi connectivity index (χ2v) is 8.01. The lowest BCUT2D eigenvalue weighted by Crippen LogP contribution is -2.08. The maximum atomic E-state index is 12.6.